The third-order valence-corrected chi connectivity index (χ3v) is 5.47. The molecule has 1 heterocycles. The van der Waals surface area contributed by atoms with Crippen LogP contribution in [0.5, 0.6) is 11.5 Å². The highest BCUT2D eigenvalue weighted by Gasteiger charge is 2.11. The van der Waals surface area contributed by atoms with Crippen LogP contribution in [0.3, 0.4) is 0 Å². The minimum Gasteiger partial charge on any atom is -0.493 e. The lowest BCUT2D eigenvalue weighted by Crippen LogP contribution is -2.28. The standard InChI is InChI=1S/C25H32N4O4/c1-28(17-19-9-5-4-6-10-19)13-8-12-26-24(30)11-7-14-29-18-27-21-16-23(33-3)22(32-2)15-20(21)25(29)31/h4-6,9-10,15-16,18H,7-8,11-14,17H2,1-3H3,(H,26,30). The van der Waals surface area contributed by atoms with Crippen LogP contribution >= 0.6 is 0 Å². The lowest BCUT2D eigenvalue weighted by atomic mass is 10.2. The number of benzene rings is 2. The van der Waals surface area contributed by atoms with E-state index in [-0.39, 0.29) is 11.5 Å². The van der Waals surface area contributed by atoms with Crippen molar-refractivity contribution >= 4 is 16.8 Å². The molecule has 0 saturated heterocycles. The number of carbonyl (C=O) groups excluding carboxylic acids is 1. The van der Waals surface area contributed by atoms with Gasteiger partial charge in [-0.3, -0.25) is 14.2 Å². The molecule has 0 bridgehead atoms. The number of amides is 1. The predicted octanol–water partition coefficient (Wildman–Crippen LogP) is 2.83. The summed E-state index contributed by atoms with van der Waals surface area (Å²) in [6, 6.07) is 13.6. The van der Waals surface area contributed by atoms with Gasteiger partial charge in [-0.05, 0) is 38.1 Å². The lowest BCUT2D eigenvalue weighted by molar-refractivity contribution is -0.121. The average Bonchev–Trinajstić information content (AvgIpc) is 2.83. The minimum absolute atomic E-state index is 0.00563. The van der Waals surface area contributed by atoms with Crippen LogP contribution in [-0.2, 0) is 17.9 Å². The lowest BCUT2D eigenvalue weighted by Gasteiger charge is -2.16. The number of ether oxygens (including phenoxy) is 2. The van der Waals surface area contributed by atoms with Gasteiger partial charge in [0.2, 0.25) is 5.91 Å². The van der Waals surface area contributed by atoms with Gasteiger partial charge >= 0.3 is 0 Å². The topological polar surface area (TPSA) is 85.7 Å². The van der Waals surface area contributed by atoms with Gasteiger partial charge in [-0.2, -0.15) is 0 Å². The van der Waals surface area contributed by atoms with Crippen LogP contribution in [-0.4, -0.2) is 54.7 Å². The summed E-state index contributed by atoms with van der Waals surface area (Å²) in [4.78, 5) is 31.6. The summed E-state index contributed by atoms with van der Waals surface area (Å²) in [5.74, 6) is 1.00. The summed E-state index contributed by atoms with van der Waals surface area (Å²) in [7, 11) is 5.15. The second kappa shape index (κ2) is 12.0. The van der Waals surface area contributed by atoms with E-state index in [1.165, 1.54) is 23.6 Å². The third kappa shape index (κ3) is 6.79. The largest absolute Gasteiger partial charge is 0.493 e. The first-order valence-corrected chi connectivity index (χ1v) is 11.1. The maximum Gasteiger partial charge on any atom is 0.261 e. The van der Waals surface area contributed by atoms with Gasteiger partial charge in [0.05, 0.1) is 31.4 Å². The van der Waals surface area contributed by atoms with Crippen molar-refractivity contribution in [3.63, 3.8) is 0 Å². The smallest absolute Gasteiger partial charge is 0.261 e. The fraction of sp³-hybridized carbons (Fsp3) is 0.400. The molecular weight excluding hydrogens is 420 g/mol. The summed E-state index contributed by atoms with van der Waals surface area (Å²) in [5.41, 5.74) is 1.66. The highest BCUT2D eigenvalue weighted by atomic mass is 16.5. The number of nitrogens with one attached hydrogen (secondary N) is 1. The SMILES string of the molecule is COc1cc2ncn(CCCC(=O)NCCCN(C)Cc3ccccc3)c(=O)c2cc1OC. The minimum atomic E-state index is -0.164. The fourth-order valence-electron chi connectivity index (χ4n) is 3.69. The van der Waals surface area contributed by atoms with Crippen LogP contribution in [0.2, 0.25) is 0 Å². The molecule has 8 heteroatoms. The molecule has 0 unspecified atom stereocenters. The number of nitrogens with zero attached hydrogens (tertiary/aromatic N) is 3. The Morgan fingerprint density at radius 3 is 2.55 bits per heavy atom. The molecule has 1 amide bonds. The molecule has 0 radical (unpaired) electrons. The second-order valence-corrected chi connectivity index (χ2v) is 8.00. The van der Waals surface area contributed by atoms with E-state index in [9.17, 15) is 9.59 Å². The second-order valence-electron chi connectivity index (χ2n) is 8.00. The van der Waals surface area contributed by atoms with Crippen LogP contribution in [0.25, 0.3) is 10.9 Å². The highest BCUT2D eigenvalue weighted by Crippen LogP contribution is 2.29. The van der Waals surface area contributed by atoms with E-state index in [1.54, 1.807) is 19.2 Å². The van der Waals surface area contributed by atoms with Crippen LogP contribution in [0.15, 0.2) is 53.6 Å². The Morgan fingerprint density at radius 2 is 1.82 bits per heavy atom. The fourth-order valence-corrected chi connectivity index (χ4v) is 3.69. The zero-order valence-electron chi connectivity index (χ0n) is 19.5. The number of aromatic nitrogens is 2. The van der Waals surface area contributed by atoms with E-state index in [0.717, 1.165) is 19.5 Å². The molecule has 0 spiro atoms. The zero-order chi connectivity index (χ0) is 23.6. The molecule has 3 rings (SSSR count). The van der Waals surface area contributed by atoms with Gasteiger partial charge in [-0.15, -0.1) is 0 Å². The Morgan fingerprint density at radius 1 is 1.09 bits per heavy atom. The maximum absolute atomic E-state index is 12.8. The van der Waals surface area contributed by atoms with Crippen LogP contribution in [0, 0.1) is 0 Å². The molecule has 33 heavy (non-hydrogen) atoms. The molecule has 0 fully saturated rings. The maximum atomic E-state index is 12.8. The normalized spacial score (nSPS) is 11.0. The molecule has 0 aliphatic heterocycles. The molecule has 0 aliphatic carbocycles. The summed E-state index contributed by atoms with van der Waals surface area (Å²) in [6.07, 6.45) is 3.31. The third-order valence-electron chi connectivity index (χ3n) is 5.47. The van der Waals surface area contributed by atoms with Crippen molar-refractivity contribution < 1.29 is 14.3 Å². The van der Waals surface area contributed by atoms with Crippen LogP contribution < -0.4 is 20.3 Å². The number of fused-ring (bicyclic) bond motifs is 1. The van der Waals surface area contributed by atoms with Gasteiger partial charge in [0.1, 0.15) is 0 Å². The number of aryl methyl sites for hydroxylation is 1. The quantitative estimate of drug-likeness (QED) is 0.426. The highest BCUT2D eigenvalue weighted by molar-refractivity contribution is 5.81. The Kier molecular flexibility index (Phi) is 8.83. The van der Waals surface area contributed by atoms with Gasteiger partial charge in [0, 0.05) is 32.1 Å². The summed E-state index contributed by atoms with van der Waals surface area (Å²) < 4.78 is 12.1. The Balaban J connectivity index is 1.42. The Labute approximate surface area is 194 Å². The van der Waals surface area contributed by atoms with E-state index in [0.29, 0.717) is 48.3 Å². The van der Waals surface area contributed by atoms with Gasteiger partial charge in [0.15, 0.2) is 11.5 Å². The number of rotatable bonds is 12. The molecule has 0 aliphatic rings. The molecule has 8 nitrogen and oxygen atoms in total. The van der Waals surface area contributed by atoms with Crippen molar-refractivity contribution in [3.8, 4) is 11.5 Å². The van der Waals surface area contributed by atoms with E-state index in [4.69, 9.17) is 9.47 Å². The molecule has 0 atom stereocenters. The number of carbonyl (C=O) groups is 1. The average molecular weight is 453 g/mol. The van der Waals surface area contributed by atoms with Crippen molar-refractivity contribution in [1.29, 1.82) is 0 Å². The molecular formula is C25H32N4O4. The van der Waals surface area contributed by atoms with Crippen molar-refractivity contribution in [2.75, 3.05) is 34.4 Å². The molecule has 2 aromatic carbocycles. The van der Waals surface area contributed by atoms with E-state index in [1.807, 2.05) is 18.2 Å². The predicted molar refractivity (Wildman–Crippen MR) is 129 cm³/mol. The van der Waals surface area contributed by atoms with E-state index >= 15 is 0 Å². The monoisotopic (exact) mass is 452 g/mol. The van der Waals surface area contributed by atoms with Gasteiger partial charge < -0.3 is 19.7 Å². The molecule has 1 N–H and O–H groups in total. The van der Waals surface area contributed by atoms with Gasteiger partial charge in [-0.25, -0.2) is 4.98 Å². The molecule has 176 valence electrons. The molecule has 3 aromatic rings. The Hall–Kier alpha value is -3.39. The first kappa shape index (κ1) is 24.3. The van der Waals surface area contributed by atoms with Crippen LogP contribution in [0.4, 0.5) is 0 Å². The molecule has 0 saturated carbocycles. The van der Waals surface area contributed by atoms with Gasteiger partial charge in [-0.1, -0.05) is 30.3 Å². The van der Waals surface area contributed by atoms with Gasteiger partial charge in [0.25, 0.3) is 5.56 Å². The summed E-state index contributed by atoms with van der Waals surface area (Å²) >= 11 is 0. The van der Waals surface area contributed by atoms with Crippen molar-refractivity contribution in [2.24, 2.45) is 0 Å². The zero-order valence-corrected chi connectivity index (χ0v) is 19.5. The van der Waals surface area contributed by atoms with Crippen molar-refractivity contribution in [3.05, 3.63) is 64.7 Å². The van der Waals surface area contributed by atoms with Crippen molar-refractivity contribution in [1.82, 2.24) is 19.8 Å². The van der Waals surface area contributed by atoms with Crippen molar-refractivity contribution in [2.45, 2.75) is 32.4 Å². The number of methoxy groups -OCH3 is 2. The number of hydrogen-bond donors (Lipinski definition) is 1. The molecule has 1 aromatic heterocycles. The Bertz CT molecular complexity index is 1110. The van der Waals surface area contributed by atoms with E-state index in [2.05, 4.69) is 34.4 Å². The first-order valence-electron chi connectivity index (χ1n) is 11.1. The summed E-state index contributed by atoms with van der Waals surface area (Å²) in [5, 5.41) is 3.42. The van der Waals surface area contributed by atoms with E-state index < -0.39 is 0 Å². The van der Waals surface area contributed by atoms with Crippen LogP contribution in [0.1, 0.15) is 24.8 Å². The first-order chi connectivity index (χ1) is 16.0. The number of hydrogen-bond acceptors (Lipinski definition) is 6. The summed E-state index contributed by atoms with van der Waals surface area (Å²) in [6.45, 7) is 2.85.